The maximum atomic E-state index is 11.6. The number of nitrogens with one attached hydrogen (secondary N) is 1. The molecule has 0 rings (SSSR count). The highest BCUT2D eigenvalue weighted by Gasteiger charge is 2.00. The molecule has 0 aliphatic carbocycles. The summed E-state index contributed by atoms with van der Waals surface area (Å²) in [6.45, 7) is 2.67. The molecule has 0 amide bonds. The minimum absolute atomic E-state index is 0.402. The van der Waals surface area contributed by atoms with Crippen LogP contribution in [0.15, 0.2) is 0 Å². The van der Waals surface area contributed by atoms with E-state index in [1.807, 2.05) is 14.1 Å². The molecule has 0 spiro atoms. The lowest BCUT2D eigenvalue weighted by Crippen LogP contribution is -2.27. The molecular weight excluding hydrogens is 190 g/mol. The van der Waals surface area contributed by atoms with E-state index in [1.54, 1.807) is 0 Å². The van der Waals surface area contributed by atoms with Crippen molar-refractivity contribution in [3.05, 3.63) is 0 Å². The highest BCUT2D eigenvalue weighted by Crippen LogP contribution is 1.92. The van der Waals surface area contributed by atoms with Gasteiger partial charge in [-0.1, -0.05) is 0 Å². The molecule has 0 aliphatic heterocycles. The number of ether oxygens (including phenoxy) is 1. The Kier molecular flexibility index (Phi) is 9.13. The first-order chi connectivity index (χ1) is 6.63. The fourth-order valence-electron chi connectivity index (χ4n) is 0.899. The van der Waals surface area contributed by atoms with Crippen molar-refractivity contribution in [2.75, 3.05) is 46.9 Å². The molecule has 0 heterocycles. The molecule has 0 atom stereocenters. The Balaban J connectivity index is 2.92. The summed E-state index contributed by atoms with van der Waals surface area (Å²) in [7, 11) is 4.01. The smallest absolute Gasteiger partial charge is 0.261 e. The van der Waals surface area contributed by atoms with Crippen LogP contribution in [0.25, 0.3) is 0 Å². The first kappa shape index (κ1) is 13.7. The summed E-state index contributed by atoms with van der Waals surface area (Å²) >= 11 is 0. The topological polar surface area (TPSA) is 24.5 Å². The van der Waals surface area contributed by atoms with Crippen LogP contribution in [0.5, 0.6) is 0 Å². The van der Waals surface area contributed by atoms with Crippen LogP contribution in [-0.2, 0) is 4.74 Å². The Morgan fingerprint density at radius 2 is 2.00 bits per heavy atom. The van der Waals surface area contributed by atoms with Gasteiger partial charge in [0.2, 0.25) is 0 Å². The van der Waals surface area contributed by atoms with Crippen LogP contribution < -0.4 is 5.32 Å². The van der Waals surface area contributed by atoms with Crippen LogP contribution in [0.2, 0.25) is 0 Å². The first-order valence-corrected chi connectivity index (χ1v) is 4.84. The van der Waals surface area contributed by atoms with E-state index in [0.717, 1.165) is 26.1 Å². The lowest BCUT2D eigenvalue weighted by atomic mass is 10.4. The molecule has 1 N–H and O–H groups in total. The Hall–Kier alpha value is -0.260. The molecule has 0 unspecified atom stereocenters. The normalized spacial score (nSPS) is 11.6. The van der Waals surface area contributed by atoms with Crippen molar-refractivity contribution in [1.29, 1.82) is 0 Å². The monoisotopic (exact) mass is 210 g/mol. The first-order valence-electron chi connectivity index (χ1n) is 4.84. The Bertz CT molecular complexity index is 109. The van der Waals surface area contributed by atoms with Crippen LogP contribution in [0.1, 0.15) is 6.42 Å². The van der Waals surface area contributed by atoms with Crippen molar-refractivity contribution in [3.8, 4) is 0 Å². The predicted molar refractivity (Wildman–Crippen MR) is 52.9 cm³/mol. The zero-order valence-corrected chi connectivity index (χ0v) is 8.93. The molecule has 0 aromatic carbocycles. The van der Waals surface area contributed by atoms with Crippen molar-refractivity contribution in [2.45, 2.75) is 12.8 Å². The fraction of sp³-hybridized carbons (Fsp3) is 1.00. The molecule has 0 aromatic rings. The lowest BCUT2D eigenvalue weighted by molar-refractivity contribution is 0.0168. The molecule has 3 nitrogen and oxygen atoms in total. The minimum Gasteiger partial charge on any atom is -0.375 e. The summed E-state index contributed by atoms with van der Waals surface area (Å²) in [4.78, 5) is 2.08. The van der Waals surface area contributed by atoms with Gasteiger partial charge in [-0.3, -0.25) is 0 Å². The second-order valence-corrected chi connectivity index (χ2v) is 3.37. The number of halogens is 2. The highest BCUT2D eigenvalue weighted by atomic mass is 19.3. The molecule has 0 saturated carbocycles. The summed E-state index contributed by atoms with van der Waals surface area (Å²) in [5.74, 6) is 0. The van der Waals surface area contributed by atoms with E-state index in [2.05, 4.69) is 10.2 Å². The van der Waals surface area contributed by atoms with Gasteiger partial charge in [0.1, 0.15) is 6.61 Å². The van der Waals surface area contributed by atoms with E-state index in [1.165, 1.54) is 0 Å². The maximum Gasteiger partial charge on any atom is 0.261 e. The number of likely N-dealkylation sites (N-methyl/N-ethyl adjacent to an activating group) is 1. The molecule has 86 valence electrons. The Morgan fingerprint density at radius 1 is 1.29 bits per heavy atom. The fourth-order valence-corrected chi connectivity index (χ4v) is 0.899. The third-order valence-electron chi connectivity index (χ3n) is 1.62. The van der Waals surface area contributed by atoms with E-state index in [9.17, 15) is 8.78 Å². The number of hydrogen-bond donors (Lipinski definition) is 1. The number of hydrogen-bond acceptors (Lipinski definition) is 3. The van der Waals surface area contributed by atoms with Crippen molar-refractivity contribution in [1.82, 2.24) is 10.2 Å². The summed E-state index contributed by atoms with van der Waals surface area (Å²) in [5, 5.41) is 3.20. The SMILES string of the molecule is CN(C)CCNCCCOCC(F)F. The Labute approximate surface area is 84.4 Å². The average molecular weight is 210 g/mol. The van der Waals surface area contributed by atoms with Crippen LogP contribution in [0, 0.1) is 0 Å². The zero-order chi connectivity index (χ0) is 10.8. The van der Waals surface area contributed by atoms with Gasteiger partial charge in [-0.15, -0.1) is 0 Å². The molecule has 5 heteroatoms. The van der Waals surface area contributed by atoms with Crippen molar-refractivity contribution >= 4 is 0 Å². The van der Waals surface area contributed by atoms with Crippen molar-refractivity contribution < 1.29 is 13.5 Å². The van der Waals surface area contributed by atoms with E-state index < -0.39 is 13.0 Å². The molecule has 0 aliphatic rings. The Morgan fingerprint density at radius 3 is 2.57 bits per heavy atom. The summed E-state index contributed by atoms with van der Waals surface area (Å²) in [5.41, 5.74) is 0. The van der Waals surface area contributed by atoms with Crippen molar-refractivity contribution in [2.24, 2.45) is 0 Å². The lowest BCUT2D eigenvalue weighted by Gasteiger charge is -2.10. The van der Waals surface area contributed by atoms with Gasteiger partial charge >= 0.3 is 0 Å². The zero-order valence-electron chi connectivity index (χ0n) is 8.93. The summed E-state index contributed by atoms with van der Waals surface area (Å²) in [6, 6.07) is 0. The quantitative estimate of drug-likeness (QED) is 0.570. The molecule has 0 aromatic heterocycles. The third-order valence-corrected chi connectivity index (χ3v) is 1.62. The molecule has 0 radical (unpaired) electrons. The molecule has 0 fully saturated rings. The van der Waals surface area contributed by atoms with E-state index in [-0.39, 0.29) is 0 Å². The molecule has 0 saturated heterocycles. The number of alkyl halides is 2. The van der Waals surface area contributed by atoms with Crippen LogP contribution >= 0.6 is 0 Å². The van der Waals surface area contributed by atoms with Crippen LogP contribution in [0.3, 0.4) is 0 Å². The van der Waals surface area contributed by atoms with Gasteiger partial charge in [-0.25, -0.2) is 8.78 Å². The van der Waals surface area contributed by atoms with Crippen molar-refractivity contribution in [3.63, 3.8) is 0 Å². The summed E-state index contributed by atoms with van der Waals surface area (Å²) < 4.78 is 27.9. The van der Waals surface area contributed by atoms with Gasteiger partial charge < -0.3 is 15.0 Å². The highest BCUT2D eigenvalue weighted by molar-refractivity contribution is 4.50. The standard InChI is InChI=1S/C9H20F2N2O/c1-13(2)6-5-12-4-3-7-14-8-9(10)11/h9,12H,3-8H2,1-2H3. The second-order valence-electron chi connectivity index (χ2n) is 3.37. The van der Waals surface area contributed by atoms with Gasteiger partial charge in [0.25, 0.3) is 6.43 Å². The minimum atomic E-state index is -2.35. The molecular formula is C9H20F2N2O. The van der Waals surface area contributed by atoms with Gasteiger partial charge in [-0.05, 0) is 27.1 Å². The summed E-state index contributed by atoms with van der Waals surface area (Å²) in [6.07, 6.45) is -1.57. The van der Waals surface area contributed by atoms with E-state index >= 15 is 0 Å². The van der Waals surface area contributed by atoms with Gasteiger partial charge in [0, 0.05) is 19.7 Å². The maximum absolute atomic E-state index is 11.6. The van der Waals surface area contributed by atoms with E-state index in [0.29, 0.717) is 6.61 Å². The largest absolute Gasteiger partial charge is 0.375 e. The second kappa shape index (κ2) is 9.30. The predicted octanol–water partition coefficient (Wildman–Crippen LogP) is 0.809. The molecule has 14 heavy (non-hydrogen) atoms. The number of rotatable bonds is 9. The van der Waals surface area contributed by atoms with Gasteiger partial charge in [0.15, 0.2) is 0 Å². The average Bonchev–Trinajstić information content (AvgIpc) is 2.08. The number of nitrogens with zero attached hydrogens (tertiary/aromatic N) is 1. The molecule has 0 bridgehead atoms. The third kappa shape index (κ3) is 11.7. The van der Waals surface area contributed by atoms with E-state index in [4.69, 9.17) is 4.74 Å². The van der Waals surface area contributed by atoms with Crippen LogP contribution in [-0.4, -0.2) is 58.3 Å². The van der Waals surface area contributed by atoms with Gasteiger partial charge in [0.05, 0.1) is 0 Å². The van der Waals surface area contributed by atoms with Crippen LogP contribution in [0.4, 0.5) is 8.78 Å². The van der Waals surface area contributed by atoms with Gasteiger partial charge in [-0.2, -0.15) is 0 Å².